The summed E-state index contributed by atoms with van der Waals surface area (Å²) in [7, 11) is 0. The van der Waals surface area contributed by atoms with Crippen molar-refractivity contribution in [2.24, 2.45) is 5.92 Å². The fraction of sp³-hybridized carbons (Fsp3) is 0.517. The Labute approximate surface area is 230 Å². The van der Waals surface area contributed by atoms with E-state index in [2.05, 4.69) is 17.1 Å². The molecule has 0 aliphatic carbocycles. The molecule has 0 radical (unpaired) electrons. The number of piperazine rings is 1. The lowest BCUT2D eigenvalue weighted by atomic mass is 9.80. The molecule has 9 heteroatoms. The third-order valence-electron chi connectivity index (χ3n) is 7.58. The topological polar surface area (TPSA) is 82.1 Å². The monoisotopic (exact) mass is 547 g/mol. The number of nitrogens with zero attached hydrogens (tertiary/aromatic N) is 2. The van der Waals surface area contributed by atoms with Crippen LogP contribution in [-0.4, -0.2) is 64.0 Å². The fourth-order valence-corrected chi connectivity index (χ4v) is 5.23. The van der Waals surface area contributed by atoms with Crippen molar-refractivity contribution >= 4 is 24.2 Å². The van der Waals surface area contributed by atoms with Crippen molar-refractivity contribution in [2.75, 3.05) is 19.6 Å². The molecule has 2 N–H and O–H groups in total. The van der Waals surface area contributed by atoms with Crippen molar-refractivity contribution in [3.63, 3.8) is 0 Å². The number of amides is 2. The first-order valence-electron chi connectivity index (χ1n) is 13.3. The average molecular weight is 548 g/mol. The zero-order chi connectivity index (χ0) is 26.6. The molecule has 208 valence electrons. The van der Waals surface area contributed by atoms with E-state index >= 15 is 0 Å². The van der Waals surface area contributed by atoms with Crippen molar-refractivity contribution in [3.05, 3.63) is 59.9 Å². The molecule has 2 aliphatic rings. The van der Waals surface area contributed by atoms with Gasteiger partial charge >= 0.3 is 0 Å². The fourth-order valence-electron chi connectivity index (χ4n) is 5.23. The summed E-state index contributed by atoms with van der Waals surface area (Å²) in [6.07, 6.45) is 1.95. The van der Waals surface area contributed by atoms with Crippen LogP contribution in [0, 0.1) is 11.7 Å². The Morgan fingerprint density at radius 3 is 2.18 bits per heavy atom. The molecule has 2 atom stereocenters. The Kier molecular flexibility index (Phi) is 10.2. The van der Waals surface area contributed by atoms with Gasteiger partial charge in [0.2, 0.25) is 11.8 Å². The molecule has 2 aliphatic heterocycles. The van der Waals surface area contributed by atoms with E-state index in [1.165, 1.54) is 12.1 Å². The molecule has 2 heterocycles. The molecule has 2 fully saturated rings. The highest BCUT2D eigenvalue weighted by Gasteiger charge is 2.54. The minimum absolute atomic E-state index is 0. The van der Waals surface area contributed by atoms with Gasteiger partial charge in [-0.25, -0.2) is 4.39 Å². The van der Waals surface area contributed by atoms with Crippen molar-refractivity contribution in [1.29, 1.82) is 0 Å². The maximum absolute atomic E-state index is 13.5. The van der Waals surface area contributed by atoms with Gasteiger partial charge in [0.1, 0.15) is 28.9 Å². The predicted molar refractivity (Wildman–Crippen MR) is 147 cm³/mol. The Hall–Kier alpha value is -2.68. The average Bonchev–Trinajstić information content (AvgIpc) is 2.89. The van der Waals surface area contributed by atoms with Gasteiger partial charge < -0.3 is 20.1 Å². The molecule has 0 aromatic heterocycles. The molecule has 2 aromatic rings. The van der Waals surface area contributed by atoms with Crippen molar-refractivity contribution in [1.82, 2.24) is 15.1 Å². The van der Waals surface area contributed by atoms with Crippen LogP contribution in [0.5, 0.6) is 11.5 Å². The minimum Gasteiger partial charge on any atom is -0.457 e. The van der Waals surface area contributed by atoms with E-state index in [4.69, 9.17) is 4.74 Å². The van der Waals surface area contributed by atoms with E-state index in [0.717, 1.165) is 24.9 Å². The summed E-state index contributed by atoms with van der Waals surface area (Å²) < 4.78 is 18.9. The highest BCUT2D eigenvalue weighted by molar-refractivity contribution is 6.00. The smallest absolute Gasteiger partial charge is 0.248 e. The van der Waals surface area contributed by atoms with Crippen LogP contribution < -0.4 is 10.1 Å². The number of aliphatic hydroxyl groups excluding tert-OH is 1. The lowest BCUT2D eigenvalue weighted by Crippen LogP contribution is -2.74. The molecule has 4 rings (SSSR count). The quantitative estimate of drug-likeness (QED) is 0.482. The second-order valence-corrected chi connectivity index (χ2v) is 10.5. The summed E-state index contributed by atoms with van der Waals surface area (Å²) in [6.45, 7) is 8.41. The van der Waals surface area contributed by atoms with Crippen LogP contribution >= 0.6 is 12.4 Å². The van der Waals surface area contributed by atoms with Gasteiger partial charge in [-0.05, 0) is 67.1 Å². The first kappa shape index (κ1) is 29.9. The minimum atomic E-state index is -0.909. The number of hydrogen-bond acceptors (Lipinski definition) is 5. The molecular weight excluding hydrogens is 509 g/mol. The van der Waals surface area contributed by atoms with Gasteiger partial charge in [0.25, 0.3) is 0 Å². The molecule has 0 bridgehead atoms. The van der Waals surface area contributed by atoms with Crippen molar-refractivity contribution in [2.45, 2.75) is 70.7 Å². The number of unbranched alkanes of at least 4 members (excludes halogenated alkanes) is 1. The lowest BCUT2D eigenvalue weighted by molar-refractivity contribution is -0.165. The highest BCUT2D eigenvalue weighted by atomic mass is 35.5. The lowest BCUT2D eigenvalue weighted by Gasteiger charge is -2.52. The number of piperidine rings is 1. The van der Waals surface area contributed by atoms with Crippen molar-refractivity contribution in [3.8, 4) is 11.5 Å². The van der Waals surface area contributed by atoms with Gasteiger partial charge in [-0.3, -0.25) is 14.5 Å². The molecule has 0 saturated carbocycles. The van der Waals surface area contributed by atoms with E-state index in [-0.39, 0.29) is 36.0 Å². The normalized spacial score (nSPS) is 20.3. The van der Waals surface area contributed by atoms with Crippen LogP contribution in [0.15, 0.2) is 48.5 Å². The summed E-state index contributed by atoms with van der Waals surface area (Å²) in [5, 5.41) is 13.5. The first-order chi connectivity index (χ1) is 17.7. The summed E-state index contributed by atoms with van der Waals surface area (Å²) in [4.78, 5) is 31.0. The number of ether oxygens (including phenoxy) is 1. The summed E-state index contributed by atoms with van der Waals surface area (Å²) in [5.41, 5.74) is 0.262. The Morgan fingerprint density at radius 2 is 1.63 bits per heavy atom. The van der Waals surface area contributed by atoms with E-state index < -0.39 is 17.7 Å². The van der Waals surface area contributed by atoms with Gasteiger partial charge in [0.15, 0.2) is 0 Å². The number of carbonyl (C=O) groups excluding carboxylic acids is 2. The summed E-state index contributed by atoms with van der Waals surface area (Å²) >= 11 is 0. The summed E-state index contributed by atoms with van der Waals surface area (Å²) in [6, 6.07) is 12.8. The molecule has 1 spiro atoms. The maximum atomic E-state index is 13.5. The van der Waals surface area contributed by atoms with Gasteiger partial charge in [-0.1, -0.05) is 39.3 Å². The van der Waals surface area contributed by atoms with Crippen LogP contribution in [0.4, 0.5) is 4.39 Å². The number of benzene rings is 2. The van der Waals surface area contributed by atoms with Gasteiger partial charge in [0, 0.05) is 26.2 Å². The molecule has 7 nitrogen and oxygen atoms in total. The third kappa shape index (κ3) is 6.47. The first-order valence-corrected chi connectivity index (χ1v) is 13.3. The number of halogens is 2. The maximum Gasteiger partial charge on any atom is 0.248 e. The van der Waals surface area contributed by atoms with Gasteiger partial charge in [-0.2, -0.15) is 0 Å². The van der Waals surface area contributed by atoms with Gasteiger partial charge in [0.05, 0.1) is 6.10 Å². The number of likely N-dealkylation sites (tertiary alicyclic amines) is 1. The van der Waals surface area contributed by atoms with E-state index in [9.17, 15) is 19.1 Å². The predicted octanol–water partition coefficient (Wildman–Crippen LogP) is 4.52. The molecule has 2 amide bonds. The number of rotatable bonds is 9. The third-order valence-corrected chi connectivity index (χ3v) is 7.58. The van der Waals surface area contributed by atoms with Crippen LogP contribution in [0.25, 0.3) is 0 Å². The number of aliphatic hydroxyl groups is 1. The zero-order valence-electron chi connectivity index (χ0n) is 22.4. The Morgan fingerprint density at radius 1 is 1.05 bits per heavy atom. The van der Waals surface area contributed by atoms with E-state index in [1.807, 2.05) is 38.1 Å². The number of carbonyl (C=O) groups is 2. The second kappa shape index (κ2) is 12.9. The van der Waals surface area contributed by atoms with Crippen LogP contribution in [0.2, 0.25) is 0 Å². The van der Waals surface area contributed by atoms with Crippen LogP contribution in [0.3, 0.4) is 0 Å². The van der Waals surface area contributed by atoms with Crippen molar-refractivity contribution < 1.29 is 23.8 Å². The molecule has 2 saturated heterocycles. The molecule has 2 aromatic carbocycles. The highest BCUT2D eigenvalue weighted by Crippen LogP contribution is 2.35. The summed E-state index contributed by atoms with van der Waals surface area (Å²) in [5.74, 6) is 0.504. The zero-order valence-corrected chi connectivity index (χ0v) is 23.2. The van der Waals surface area contributed by atoms with Gasteiger partial charge in [-0.15, -0.1) is 12.4 Å². The molecular formula is C29H39ClFN3O4. The Balaban J connectivity index is 0.00000400. The van der Waals surface area contributed by atoms with E-state index in [0.29, 0.717) is 44.0 Å². The Bertz CT molecular complexity index is 1070. The largest absolute Gasteiger partial charge is 0.457 e. The van der Waals surface area contributed by atoms with Crippen LogP contribution in [-0.2, 0) is 16.1 Å². The number of hydrogen-bond donors (Lipinski definition) is 2. The molecule has 38 heavy (non-hydrogen) atoms. The second-order valence-electron chi connectivity index (χ2n) is 10.5. The number of nitrogens with one attached hydrogen (secondary N) is 1. The van der Waals surface area contributed by atoms with Crippen LogP contribution in [0.1, 0.15) is 52.0 Å². The molecule has 0 unspecified atom stereocenters. The van der Waals surface area contributed by atoms with E-state index in [1.54, 1.807) is 17.0 Å². The standard InChI is InChI=1S/C29H38FN3O4.ClH/c1-4-5-16-33-27(35)25(26(34)20(2)3)31-28(36)29(33)14-17-32(18-15-29)19-21-6-10-23(11-7-21)37-24-12-8-22(30)9-13-24;/h6-13,20,25-26,34H,4-5,14-19H2,1-3H3,(H,31,36);1H/t25-,26-;/m1./s1. The SMILES string of the molecule is CCCCN1C(=O)[C@@H]([C@H](O)C(C)C)NC(=O)C12CCN(Cc1ccc(Oc3ccc(F)cc3)cc1)CC2.Cl.